The van der Waals surface area contributed by atoms with E-state index in [1.165, 1.54) is 18.3 Å². The van der Waals surface area contributed by atoms with E-state index in [9.17, 15) is 9.59 Å². The van der Waals surface area contributed by atoms with Crippen LogP contribution in [0.4, 0.5) is 11.5 Å². The maximum Gasteiger partial charge on any atom is 0.338 e. The molecule has 1 amide bonds. The first kappa shape index (κ1) is 13.5. The van der Waals surface area contributed by atoms with Crippen molar-refractivity contribution in [2.75, 3.05) is 10.7 Å². The molecule has 22 heavy (non-hydrogen) atoms. The molecule has 0 unspecified atom stereocenters. The van der Waals surface area contributed by atoms with Gasteiger partial charge in [-0.2, -0.15) is 0 Å². The lowest BCUT2D eigenvalue weighted by atomic mass is 10.1. The molecule has 0 saturated carbocycles. The van der Waals surface area contributed by atoms with Crippen molar-refractivity contribution in [2.45, 2.75) is 6.61 Å². The average Bonchev–Trinajstić information content (AvgIpc) is 2.89. The molecule has 2 N–H and O–H groups in total. The summed E-state index contributed by atoms with van der Waals surface area (Å²) in [5.74, 6) is -0.383. The van der Waals surface area contributed by atoms with Crippen LogP contribution in [-0.4, -0.2) is 16.9 Å². The minimum atomic E-state index is -0.352. The number of ether oxygens (including phenoxy) is 1. The van der Waals surface area contributed by atoms with Gasteiger partial charge in [-0.25, -0.2) is 9.78 Å². The van der Waals surface area contributed by atoms with Gasteiger partial charge in [-0.05, 0) is 30.3 Å². The van der Waals surface area contributed by atoms with Crippen LogP contribution in [0.2, 0.25) is 0 Å². The quantitative estimate of drug-likeness (QED) is 0.510. The summed E-state index contributed by atoms with van der Waals surface area (Å²) in [5.41, 5.74) is 4.41. The third-order valence-corrected chi connectivity index (χ3v) is 3.13. The number of benzene rings is 1. The fraction of sp³-hybridized carbons (Fsp3) is 0.0714. The summed E-state index contributed by atoms with van der Waals surface area (Å²) in [6, 6.07) is 8.00. The van der Waals surface area contributed by atoms with Gasteiger partial charge in [0.25, 0.3) is 11.3 Å². The summed E-state index contributed by atoms with van der Waals surface area (Å²) in [5, 5.41) is 13.8. The number of hydrogen-bond acceptors (Lipinski definition) is 6. The Hall–Kier alpha value is -3.47. The summed E-state index contributed by atoms with van der Waals surface area (Å²) in [6.07, 6.45) is 1.35. The molecule has 0 atom stereocenters. The van der Waals surface area contributed by atoms with Gasteiger partial charge >= 0.3 is 11.1 Å². The van der Waals surface area contributed by atoms with Gasteiger partial charge in [0.1, 0.15) is 6.61 Å². The zero-order valence-corrected chi connectivity index (χ0v) is 11.2. The number of rotatable bonds is 3. The van der Waals surface area contributed by atoms with E-state index in [1.54, 1.807) is 18.2 Å². The van der Waals surface area contributed by atoms with Gasteiger partial charge < -0.3 is 10.1 Å². The van der Waals surface area contributed by atoms with Crippen molar-refractivity contribution in [1.82, 2.24) is 4.98 Å². The van der Waals surface area contributed by atoms with E-state index in [-0.39, 0.29) is 18.5 Å². The monoisotopic (exact) mass is 296 g/mol. The number of nitrogens with zero attached hydrogens (tertiary/aromatic N) is 3. The van der Waals surface area contributed by atoms with Crippen molar-refractivity contribution in [3.8, 4) is 0 Å². The van der Waals surface area contributed by atoms with Crippen LogP contribution in [0.3, 0.4) is 0 Å². The van der Waals surface area contributed by atoms with Crippen molar-refractivity contribution >= 4 is 23.4 Å². The summed E-state index contributed by atoms with van der Waals surface area (Å²) in [6.45, 7) is 0.213. The summed E-state index contributed by atoms with van der Waals surface area (Å²) >= 11 is 0. The van der Waals surface area contributed by atoms with E-state index >= 15 is 0 Å². The van der Waals surface area contributed by atoms with Crippen molar-refractivity contribution in [1.29, 1.82) is 5.39 Å². The highest BCUT2D eigenvalue weighted by atomic mass is 16.5. The minimum absolute atomic E-state index is 0.213. The highest BCUT2D eigenvalue weighted by Crippen LogP contribution is 2.23. The normalized spacial score (nSPS) is 12.0. The molecule has 0 fully saturated rings. The molecule has 3 rings (SSSR count). The number of pyridine rings is 1. The van der Waals surface area contributed by atoms with Crippen LogP contribution in [0.25, 0.3) is 5.08 Å². The molecule has 1 aromatic heterocycles. The molecule has 0 spiro atoms. The second-order valence-corrected chi connectivity index (χ2v) is 4.55. The van der Waals surface area contributed by atoms with Crippen LogP contribution in [0.5, 0.6) is 0 Å². The van der Waals surface area contributed by atoms with Crippen LogP contribution in [0.1, 0.15) is 26.3 Å². The number of hydrogen-bond donors (Lipinski definition) is 2. The zero-order valence-electron chi connectivity index (χ0n) is 11.2. The Labute approximate surface area is 124 Å². The molecule has 108 valence electrons. The van der Waals surface area contributed by atoms with Crippen LogP contribution in [-0.2, 0) is 11.3 Å². The molecule has 8 nitrogen and oxygen atoms in total. The Bertz CT molecular complexity index is 795. The third-order valence-electron chi connectivity index (χ3n) is 3.13. The van der Waals surface area contributed by atoms with Crippen molar-refractivity contribution in [2.24, 2.45) is 0 Å². The Morgan fingerprint density at radius 3 is 2.91 bits per heavy atom. The number of fused-ring (bicyclic) bond motifs is 1. The molecule has 8 heteroatoms. The second-order valence-electron chi connectivity index (χ2n) is 4.55. The van der Waals surface area contributed by atoms with E-state index in [1.807, 2.05) is 0 Å². The van der Waals surface area contributed by atoms with Crippen LogP contribution < -0.4 is 10.7 Å². The molecule has 2 heterocycles. The number of carbonyl (C=O) groups excluding carboxylic acids is 2. The number of aromatic nitrogens is 1. The Balaban J connectivity index is 1.74. The number of amides is 1. The maximum absolute atomic E-state index is 12.1. The Kier molecular flexibility index (Phi) is 3.37. The highest BCUT2D eigenvalue weighted by Gasteiger charge is 2.21. The SMILES string of the molecule is N#[N+]Nc1ccc(C(=O)Nc2ccc3c(c2)COC3=O)cn1. The average molecular weight is 296 g/mol. The Morgan fingerprint density at radius 2 is 2.18 bits per heavy atom. The van der Waals surface area contributed by atoms with Crippen molar-refractivity contribution < 1.29 is 14.3 Å². The lowest BCUT2D eigenvalue weighted by Crippen LogP contribution is -2.12. The van der Waals surface area contributed by atoms with Gasteiger partial charge in [-0.3, -0.25) is 4.79 Å². The minimum Gasteiger partial charge on any atom is -0.457 e. The lowest BCUT2D eigenvalue weighted by molar-refractivity contribution is 0.0535. The maximum atomic E-state index is 12.1. The van der Waals surface area contributed by atoms with Crippen LogP contribution in [0.15, 0.2) is 36.5 Å². The fourth-order valence-electron chi connectivity index (χ4n) is 2.06. The van der Waals surface area contributed by atoms with Gasteiger partial charge in [0.15, 0.2) is 0 Å². The number of anilines is 2. The van der Waals surface area contributed by atoms with Gasteiger partial charge in [0, 0.05) is 22.9 Å². The van der Waals surface area contributed by atoms with Crippen LogP contribution >= 0.6 is 0 Å². The number of diazo groups is 1. The zero-order chi connectivity index (χ0) is 15.5. The number of esters is 1. The molecule has 0 saturated heterocycles. The largest absolute Gasteiger partial charge is 0.457 e. The number of nitrogens with one attached hydrogen (secondary N) is 2. The first-order chi connectivity index (χ1) is 10.7. The second kappa shape index (κ2) is 5.49. The number of carbonyl (C=O) groups is 2. The molecule has 1 aromatic carbocycles. The Morgan fingerprint density at radius 1 is 1.32 bits per heavy atom. The topological polar surface area (TPSA) is 108 Å². The molecule has 0 radical (unpaired) electrons. The van der Waals surface area contributed by atoms with Gasteiger partial charge in [0.2, 0.25) is 5.82 Å². The molecule has 0 bridgehead atoms. The highest BCUT2D eigenvalue weighted by molar-refractivity contribution is 6.04. The van der Waals surface area contributed by atoms with E-state index in [0.717, 1.165) is 5.56 Å². The number of cyclic esters (lactones) is 1. The molecule has 1 aliphatic rings. The molecule has 2 aromatic rings. The van der Waals surface area contributed by atoms with E-state index in [4.69, 9.17) is 10.1 Å². The molecular formula is C14H10N5O3+. The lowest BCUT2D eigenvalue weighted by Gasteiger charge is -2.06. The van der Waals surface area contributed by atoms with Gasteiger partial charge in [-0.1, -0.05) is 0 Å². The fourth-order valence-corrected chi connectivity index (χ4v) is 2.06. The predicted molar refractivity (Wildman–Crippen MR) is 76.5 cm³/mol. The van der Waals surface area contributed by atoms with Crippen molar-refractivity contribution in [3.05, 3.63) is 58.3 Å². The standard InChI is InChI=1S/C14H9N5O3/c15-19-18-12-4-1-8(6-16-12)13(20)17-10-2-3-11-9(5-10)7-22-14(11)21/h1-6H,7H2,(H-,16,17,18,20,21)/p+1. The van der Waals surface area contributed by atoms with E-state index in [0.29, 0.717) is 22.6 Å². The smallest absolute Gasteiger partial charge is 0.338 e. The van der Waals surface area contributed by atoms with E-state index < -0.39 is 0 Å². The van der Waals surface area contributed by atoms with Gasteiger partial charge in [-0.15, -0.1) is 0 Å². The summed E-state index contributed by atoms with van der Waals surface area (Å²) < 4.78 is 4.91. The first-order valence-corrected chi connectivity index (χ1v) is 6.35. The third kappa shape index (κ3) is 2.55. The van der Waals surface area contributed by atoms with Gasteiger partial charge in [0.05, 0.1) is 11.1 Å². The first-order valence-electron chi connectivity index (χ1n) is 6.35. The summed E-state index contributed by atoms with van der Waals surface area (Å²) in [4.78, 5) is 27.4. The molecule has 0 aliphatic carbocycles. The predicted octanol–water partition coefficient (Wildman–Crippen LogP) is 2.18. The molecular weight excluding hydrogens is 286 g/mol. The summed E-state index contributed by atoms with van der Waals surface area (Å²) in [7, 11) is 0. The van der Waals surface area contributed by atoms with Crippen LogP contribution in [0, 0.1) is 5.39 Å². The molecule has 1 aliphatic heterocycles. The van der Waals surface area contributed by atoms with E-state index in [2.05, 4.69) is 20.8 Å². The van der Waals surface area contributed by atoms with Crippen molar-refractivity contribution in [3.63, 3.8) is 0 Å².